The highest BCUT2D eigenvalue weighted by molar-refractivity contribution is 7.89. The van der Waals surface area contributed by atoms with Gasteiger partial charge < -0.3 is 15.8 Å². The summed E-state index contributed by atoms with van der Waals surface area (Å²) in [6, 6.07) is 10.7. The predicted molar refractivity (Wildman–Crippen MR) is 157 cm³/mol. The smallest absolute Gasteiger partial charge is 0.214 e. The number of Topliss-reactive ketones (excluding diaryl/α,β-unsaturated/α-hetero) is 1. The number of ketones is 1. The van der Waals surface area contributed by atoms with Crippen LogP contribution in [0.3, 0.4) is 0 Å². The number of rotatable bonds is 10. The second-order valence-corrected chi connectivity index (χ2v) is 14.2. The maximum atomic E-state index is 13.7. The van der Waals surface area contributed by atoms with Crippen molar-refractivity contribution in [2.45, 2.75) is 75.4 Å². The van der Waals surface area contributed by atoms with E-state index in [9.17, 15) is 13.2 Å². The molecule has 10 heteroatoms. The zero-order valence-corrected chi connectivity index (χ0v) is 24.7. The van der Waals surface area contributed by atoms with E-state index in [1.165, 1.54) is 0 Å². The largest absolute Gasteiger partial charge is 0.481 e. The van der Waals surface area contributed by atoms with Crippen LogP contribution in [0.1, 0.15) is 68.4 Å². The summed E-state index contributed by atoms with van der Waals surface area (Å²) in [4.78, 5) is 18.1. The van der Waals surface area contributed by atoms with Crippen molar-refractivity contribution in [3.8, 4) is 5.88 Å². The van der Waals surface area contributed by atoms with E-state index in [0.29, 0.717) is 36.3 Å². The Morgan fingerprint density at radius 1 is 1.10 bits per heavy atom. The van der Waals surface area contributed by atoms with E-state index < -0.39 is 16.1 Å². The van der Waals surface area contributed by atoms with Gasteiger partial charge in [-0.25, -0.2) is 13.4 Å². The van der Waals surface area contributed by atoms with Gasteiger partial charge in [0.15, 0.2) is 5.78 Å². The number of halogens is 1. The Morgan fingerprint density at radius 3 is 2.58 bits per heavy atom. The van der Waals surface area contributed by atoms with Crippen LogP contribution in [0.25, 0.3) is 0 Å². The number of nitrogens with zero attached hydrogens (tertiary/aromatic N) is 2. The first-order valence-corrected chi connectivity index (χ1v) is 16.5. The zero-order chi connectivity index (χ0) is 28.3. The predicted octanol–water partition coefficient (Wildman–Crippen LogP) is 4.12. The Balaban J connectivity index is 1.25. The molecule has 7 atom stereocenters. The van der Waals surface area contributed by atoms with Gasteiger partial charge in [-0.05, 0) is 67.2 Å². The molecule has 0 amide bonds. The molecule has 0 radical (unpaired) electrons. The van der Waals surface area contributed by atoms with E-state index in [0.717, 1.165) is 56.1 Å². The highest BCUT2D eigenvalue weighted by Crippen LogP contribution is 2.39. The quantitative estimate of drug-likeness (QED) is 0.429. The number of pyridine rings is 1. The van der Waals surface area contributed by atoms with Crippen LogP contribution in [0.5, 0.6) is 5.88 Å². The van der Waals surface area contributed by atoms with E-state index in [2.05, 4.69) is 10.3 Å². The van der Waals surface area contributed by atoms with Crippen LogP contribution in [0, 0.1) is 11.8 Å². The number of aromatic nitrogens is 1. The van der Waals surface area contributed by atoms with Gasteiger partial charge in [0.05, 0.1) is 18.9 Å². The number of methoxy groups -OCH3 is 1. The lowest BCUT2D eigenvalue weighted by molar-refractivity contribution is -0.121. The Bertz CT molecular complexity index is 1260. The number of nitrogens with two attached hydrogens (primary N) is 1. The van der Waals surface area contributed by atoms with Crippen molar-refractivity contribution in [2.24, 2.45) is 17.6 Å². The van der Waals surface area contributed by atoms with Crippen LogP contribution in [-0.4, -0.2) is 67.6 Å². The minimum Gasteiger partial charge on any atom is -0.481 e. The van der Waals surface area contributed by atoms with Crippen molar-refractivity contribution in [1.82, 2.24) is 14.6 Å². The molecular formula is C30H41ClN4O4S. The molecule has 2 bridgehead atoms. The number of piperazine rings is 1. The molecule has 1 saturated carbocycles. The van der Waals surface area contributed by atoms with Crippen molar-refractivity contribution < 1.29 is 17.9 Å². The third-order valence-electron chi connectivity index (χ3n) is 9.20. The van der Waals surface area contributed by atoms with Gasteiger partial charge in [0.2, 0.25) is 15.9 Å². The summed E-state index contributed by atoms with van der Waals surface area (Å²) in [5.74, 6) is 1.12. The normalized spacial score (nSPS) is 29.3. The van der Waals surface area contributed by atoms with Crippen molar-refractivity contribution in [2.75, 3.05) is 26.0 Å². The second kappa shape index (κ2) is 12.9. The lowest BCUT2D eigenvalue weighted by atomic mass is 9.80. The summed E-state index contributed by atoms with van der Waals surface area (Å²) in [5, 5.41) is 4.19. The van der Waals surface area contributed by atoms with Gasteiger partial charge in [-0.3, -0.25) is 4.79 Å². The molecule has 1 aromatic carbocycles. The molecule has 8 nitrogen and oxygen atoms in total. The lowest BCUT2D eigenvalue weighted by Crippen LogP contribution is -2.57. The van der Waals surface area contributed by atoms with Gasteiger partial charge in [0.1, 0.15) is 0 Å². The van der Waals surface area contributed by atoms with Crippen LogP contribution in [0.15, 0.2) is 42.6 Å². The van der Waals surface area contributed by atoms with Gasteiger partial charge in [-0.15, -0.1) is 0 Å². The van der Waals surface area contributed by atoms with Gasteiger partial charge in [0.25, 0.3) is 0 Å². The van der Waals surface area contributed by atoms with Crippen LogP contribution in [0.2, 0.25) is 5.02 Å². The molecule has 3 aliphatic rings. The van der Waals surface area contributed by atoms with Gasteiger partial charge in [-0.1, -0.05) is 42.6 Å². The third kappa shape index (κ3) is 6.71. The lowest BCUT2D eigenvalue weighted by Gasteiger charge is -2.38. The second-order valence-electron chi connectivity index (χ2n) is 11.7. The van der Waals surface area contributed by atoms with Crippen LogP contribution >= 0.6 is 11.6 Å². The van der Waals surface area contributed by atoms with Crippen molar-refractivity contribution in [3.05, 3.63) is 58.7 Å². The summed E-state index contributed by atoms with van der Waals surface area (Å²) >= 11 is 6.14. The number of hydrogen-bond donors (Lipinski definition) is 2. The first kappa shape index (κ1) is 29.5. The van der Waals surface area contributed by atoms with Gasteiger partial charge in [-0.2, -0.15) is 4.31 Å². The third-order valence-corrected chi connectivity index (χ3v) is 11.4. The van der Waals surface area contributed by atoms with Gasteiger partial charge in [0, 0.05) is 54.8 Å². The Kier molecular flexibility index (Phi) is 9.47. The molecule has 40 heavy (non-hydrogen) atoms. The molecular weight excluding hydrogens is 548 g/mol. The van der Waals surface area contributed by atoms with E-state index in [1.807, 2.05) is 30.3 Å². The average molecular weight is 589 g/mol. The molecule has 1 aromatic heterocycles. The number of carbonyl (C=O) groups excluding carboxylic acids is 1. The van der Waals surface area contributed by atoms with Gasteiger partial charge >= 0.3 is 0 Å². The summed E-state index contributed by atoms with van der Waals surface area (Å²) in [6.45, 7) is 1.30. The Labute approximate surface area is 243 Å². The fraction of sp³-hybridized carbons (Fsp3) is 0.600. The molecule has 3 fully saturated rings. The number of benzene rings is 1. The van der Waals surface area contributed by atoms with Crippen molar-refractivity contribution in [3.63, 3.8) is 0 Å². The molecule has 2 saturated heterocycles. The topological polar surface area (TPSA) is 115 Å². The maximum Gasteiger partial charge on any atom is 0.214 e. The Hall–Kier alpha value is -2.04. The summed E-state index contributed by atoms with van der Waals surface area (Å²) < 4.78 is 32.7. The number of ether oxygens (including phenoxy) is 1. The number of carbonyl (C=O) groups is 1. The Morgan fingerprint density at radius 2 is 1.85 bits per heavy atom. The van der Waals surface area contributed by atoms with E-state index in [4.69, 9.17) is 22.1 Å². The zero-order valence-electron chi connectivity index (χ0n) is 23.2. The first-order valence-electron chi connectivity index (χ1n) is 14.5. The molecule has 2 aromatic rings. The fourth-order valence-corrected chi connectivity index (χ4v) is 8.90. The molecule has 3 heterocycles. The van der Waals surface area contributed by atoms with Crippen LogP contribution in [0.4, 0.5) is 0 Å². The minimum atomic E-state index is -3.20. The van der Waals surface area contributed by atoms with Crippen LogP contribution < -0.4 is 15.8 Å². The highest BCUT2D eigenvalue weighted by Gasteiger charge is 2.39. The maximum absolute atomic E-state index is 13.7. The molecule has 2 aliphatic heterocycles. The molecule has 1 aliphatic carbocycles. The molecule has 3 N–H and O–H groups in total. The molecule has 1 unspecified atom stereocenters. The standard InChI is InChI=1S/C30H41ClN4O4S/c1-39-28-14-10-23(17-34-28)29(21-7-11-24(31)12-8-21)30(32)27(36)16-22-5-2-4-20(22)9-13-26-18-33-25-6-3-15-40(37,38)35(26)19-25/h7-8,10-12,14,17,20,22,25-26,29-30,33H,2-6,9,13,15-16,18-19,32H2,1H3/t20-,22-,25-,26+,29+,30-/m1/s1. The molecule has 218 valence electrons. The minimum absolute atomic E-state index is 0.00424. The average Bonchev–Trinajstić information content (AvgIpc) is 3.35. The molecule has 0 spiro atoms. The number of nitrogens with one attached hydrogen (secondary N) is 1. The fourth-order valence-electron chi connectivity index (χ4n) is 6.97. The van der Waals surface area contributed by atoms with Crippen molar-refractivity contribution in [1.29, 1.82) is 0 Å². The first-order chi connectivity index (χ1) is 19.2. The van der Waals surface area contributed by atoms with E-state index >= 15 is 0 Å². The van der Waals surface area contributed by atoms with E-state index in [1.54, 1.807) is 23.7 Å². The number of fused-ring (bicyclic) bond motifs is 2. The molecule has 5 rings (SSSR count). The summed E-state index contributed by atoms with van der Waals surface area (Å²) in [7, 11) is -1.63. The number of hydrogen-bond acceptors (Lipinski definition) is 7. The highest BCUT2D eigenvalue weighted by atomic mass is 35.5. The van der Waals surface area contributed by atoms with Crippen molar-refractivity contribution >= 4 is 27.4 Å². The van der Waals surface area contributed by atoms with E-state index in [-0.39, 0.29) is 35.5 Å². The van der Waals surface area contributed by atoms with Crippen LogP contribution in [-0.2, 0) is 14.8 Å². The monoisotopic (exact) mass is 588 g/mol. The SMILES string of the molecule is COc1ccc([C@H](c2ccc(Cl)cc2)[C@H](N)C(=O)C[C@H]2CCC[C@@H]2CC[C@H]2CN[C@@H]3CCCS(=O)(=O)N2C3)cn1. The summed E-state index contributed by atoms with van der Waals surface area (Å²) in [5.41, 5.74) is 8.50. The summed E-state index contributed by atoms with van der Waals surface area (Å²) in [6.07, 6.45) is 8.73. The number of sulfonamides is 1.